The molecular formula is C9H12N4OS. The van der Waals surface area contributed by atoms with Gasteiger partial charge in [0.25, 0.3) is 5.91 Å². The SMILES string of the molecule is CCN(CC)C(=O)c1cn2ncsc2n1. The third-order valence-electron chi connectivity index (χ3n) is 2.26. The topological polar surface area (TPSA) is 50.5 Å². The van der Waals surface area contributed by atoms with Gasteiger partial charge < -0.3 is 4.90 Å². The average Bonchev–Trinajstić information content (AvgIpc) is 2.78. The van der Waals surface area contributed by atoms with Crippen LogP contribution in [0.2, 0.25) is 0 Å². The van der Waals surface area contributed by atoms with Crippen molar-refractivity contribution in [2.75, 3.05) is 13.1 Å². The van der Waals surface area contributed by atoms with Crippen LogP contribution in [0.25, 0.3) is 4.96 Å². The second kappa shape index (κ2) is 3.98. The van der Waals surface area contributed by atoms with Crippen molar-refractivity contribution in [3.63, 3.8) is 0 Å². The van der Waals surface area contributed by atoms with Gasteiger partial charge in [-0.25, -0.2) is 9.50 Å². The molecule has 2 aromatic heterocycles. The smallest absolute Gasteiger partial charge is 0.274 e. The second-order valence-electron chi connectivity index (χ2n) is 3.07. The Morgan fingerprint density at radius 2 is 2.27 bits per heavy atom. The first-order chi connectivity index (χ1) is 7.26. The molecule has 0 radical (unpaired) electrons. The fraction of sp³-hybridized carbons (Fsp3) is 0.444. The number of nitrogens with zero attached hydrogens (tertiary/aromatic N) is 4. The van der Waals surface area contributed by atoms with E-state index >= 15 is 0 Å². The minimum atomic E-state index is -0.0299. The van der Waals surface area contributed by atoms with Crippen LogP contribution in [0.1, 0.15) is 24.3 Å². The Morgan fingerprint density at radius 1 is 1.53 bits per heavy atom. The van der Waals surface area contributed by atoms with E-state index in [9.17, 15) is 4.79 Å². The molecule has 0 unspecified atom stereocenters. The minimum Gasteiger partial charge on any atom is -0.338 e. The highest BCUT2D eigenvalue weighted by Crippen LogP contribution is 2.10. The standard InChI is InChI=1S/C9H12N4OS/c1-3-12(4-2)8(14)7-5-13-9(11-7)15-6-10-13/h5-6H,3-4H2,1-2H3. The number of hydrogen-bond acceptors (Lipinski definition) is 4. The third kappa shape index (κ3) is 1.72. The number of imidazole rings is 1. The summed E-state index contributed by atoms with van der Waals surface area (Å²) in [5.41, 5.74) is 2.17. The first-order valence-corrected chi connectivity index (χ1v) is 5.72. The van der Waals surface area contributed by atoms with E-state index in [-0.39, 0.29) is 5.91 Å². The Hall–Kier alpha value is -1.43. The minimum absolute atomic E-state index is 0.0299. The van der Waals surface area contributed by atoms with Crippen LogP contribution in [0.5, 0.6) is 0 Å². The normalized spacial score (nSPS) is 10.8. The predicted octanol–water partition coefficient (Wildman–Crippen LogP) is 1.27. The molecule has 0 N–H and O–H groups in total. The Labute approximate surface area is 91.3 Å². The number of fused-ring (bicyclic) bond motifs is 1. The monoisotopic (exact) mass is 224 g/mol. The van der Waals surface area contributed by atoms with E-state index in [2.05, 4.69) is 10.1 Å². The van der Waals surface area contributed by atoms with Gasteiger partial charge in [-0.3, -0.25) is 4.79 Å². The second-order valence-corrected chi connectivity index (χ2v) is 3.88. The largest absolute Gasteiger partial charge is 0.338 e. The first-order valence-electron chi connectivity index (χ1n) is 4.84. The fourth-order valence-corrected chi connectivity index (χ4v) is 2.02. The zero-order valence-electron chi connectivity index (χ0n) is 8.67. The van der Waals surface area contributed by atoms with Gasteiger partial charge in [-0.15, -0.1) is 0 Å². The summed E-state index contributed by atoms with van der Waals surface area (Å²) in [6.07, 6.45) is 1.67. The third-order valence-corrected chi connectivity index (χ3v) is 2.94. The van der Waals surface area contributed by atoms with E-state index in [1.807, 2.05) is 13.8 Å². The Kier molecular flexibility index (Phi) is 2.68. The van der Waals surface area contributed by atoms with Gasteiger partial charge in [-0.2, -0.15) is 5.10 Å². The molecule has 1 amide bonds. The van der Waals surface area contributed by atoms with Crippen molar-refractivity contribution in [1.82, 2.24) is 19.5 Å². The van der Waals surface area contributed by atoms with Crippen molar-refractivity contribution in [1.29, 1.82) is 0 Å². The van der Waals surface area contributed by atoms with E-state index in [1.54, 1.807) is 21.1 Å². The van der Waals surface area contributed by atoms with E-state index in [0.717, 1.165) is 4.96 Å². The van der Waals surface area contributed by atoms with Gasteiger partial charge in [0.15, 0.2) is 0 Å². The summed E-state index contributed by atoms with van der Waals surface area (Å²) in [4.78, 5) is 18.6. The summed E-state index contributed by atoms with van der Waals surface area (Å²) in [5, 5.41) is 4.03. The van der Waals surface area contributed by atoms with Gasteiger partial charge in [-0.05, 0) is 13.8 Å². The highest BCUT2D eigenvalue weighted by Gasteiger charge is 2.16. The molecule has 5 nitrogen and oxygen atoms in total. The lowest BCUT2D eigenvalue weighted by molar-refractivity contribution is 0.0768. The van der Waals surface area contributed by atoms with Gasteiger partial charge in [0.05, 0.1) is 6.20 Å². The van der Waals surface area contributed by atoms with Gasteiger partial charge in [0.1, 0.15) is 11.2 Å². The molecule has 0 aliphatic rings. The molecule has 0 aromatic carbocycles. The van der Waals surface area contributed by atoms with Crippen molar-refractivity contribution >= 4 is 22.2 Å². The van der Waals surface area contributed by atoms with Crippen LogP contribution in [0.4, 0.5) is 0 Å². The van der Waals surface area contributed by atoms with Crippen LogP contribution >= 0.6 is 11.3 Å². The quantitative estimate of drug-likeness (QED) is 0.789. The number of carbonyl (C=O) groups excluding carboxylic acids is 1. The molecule has 2 rings (SSSR count). The van der Waals surface area contributed by atoms with Crippen molar-refractivity contribution in [2.45, 2.75) is 13.8 Å². The highest BCUT2D eigenvalue weighted by molar-refractivity contribution is 7.14. The highest BCUT2D eigenvalue weighted by atomic mass is 32.1. The Morgan fingerprint density at radius 3 is 2.87 bits per heavy atom. The fourth-order valence-electron chi connectivity index (χ4n) is 1.41. The van der Waals surface area contributed by atoms with Crippen molar-refractivity contribution in [3.8, 4) is 0 Å². The molecule has 0 aliphatic heterocycles. The summed E-state index contributed by atoms with van der Waals surface area (Å²) < 4.78 is 1.63. The van der Waals surface area contributed by atoms with E-state index in [1.165, 1.54) is 11.3 Å². The molecule has 0 saturated carbocycles. The number of carbonyl (C=O) groups is 1. The molecule has 0 bridgehead atoms. The van der Waals surface area contributed by atoms with Gasteiger partial charge in [0.2, 0.25) is 4.96 Å². The van der Waals surface area contributed by atoms with Crippen molar-refractivity contribution in [2.24, 2.45) is 0 Å². The molecule has 80 valence electrons. The number of rotatable bonds is 3. The molecule has 0 atom stereocenters. The number of hydrogen-bond donors (Lipinski definition) is 0. The molecule has 6 heteroatoms. The molecule has 15 heavy (non-hydrogen) atoms. The lowest BCUT2D eigenvalue weighted by Gasteiger charge is -2.16. The van der Waals surface area contributed by atoms with Gasteiger partial charge in [-0.1, -0.05) is 11.3 Å². The molecule has 2 heterocycles. The zero-order chi connectivity index (χ0) is 10.8. The lowest BCUT2D eigenvalue weighted by Crippen LogP contribution is -2.30. The maximum atomic E-state index is 11.9. The van der Waals surface area contributed by atoms with Gasteiger partial charge >= 0.3 is 0 Å². The molecule has 0 fully saturated rings. The number of amides is 1. The van der Waals surface area contributed by atoms with Crippen molar-refractivity contribution in [3.05, 3.63) is 17.4 Å². The van der Waals surface area contributed by atoms with Crippen LogP contribution in [-0.4, -0.2) is 38.5 Å². The maximum absolute atomic E-state index is 11.9. The molecule has 0 saturated heterocycles. The molecule has 0 aliphatic carbocycles. The van der Waals surface area contributed by atoms with E-state index < -0.39 is 0 Å². The summed E-state index contributed by atoms with van der Waals surface area (Å²) >= 11 is 1.42. The van der Waals surface area contributed by atoms with Crippen LogP contribution in [0, 0.1) is 0 Å². The number of aromatic nitrogens is 3. The molecule has 0 spiro atoms. The summed E-state index contributed by atoms with van der Waals surface area (Å²) in [5.74, 6) is -0.0299. The van der Waals surface area contributed by atoms with E-state index in [0.29, 0.717) is 18.8 Å². The summed E-state index contributed by atoms with van der Waals surface area (Å²) in [6, 6.07) is 0. The van der Waals surface area contributed by atoms with Gasteiger partial charge in [0, 0.05) is 13.1 Å². The van der Waals surface area contributed by atoms with Crippen LogP contribution in [-0.2, 0) is 0 Å². The van der Waals surface area contributed by atoms with Crippen LogP contribution in [0.3, 0.4) is 0 Å². The molecule has 2 aromatic rings. The Bertz CT molecular complexity index is 443. The predicted molar refractivity (Wildman–Crippen MR) is 58.1 cm³/mol. The molecular weight excluding hydrogens is 212 g/mol. The van der Waals surface area contributed by atoms with E-state index in [4.69, 9.17) is 0 Å². The summed E-state index contributed by atoms with van der Waals surface area (Å²) in [7, 11) is 0. The van der Waals surface area contributed by atoms with Crippen LogP contribution in [0.15, 0.2) is 11.7 Å². The lowest BCUT2D eigenvalue weighted by atomic mass is 10.4. The Balaban J connectivity index is 2.30. The van der Waals surface area contributed by atoms with Crippen molar-refractivity contribution < 1.29 is 4.79 Å². The summed E-state index contributed by atoms with van der Waals surface area (Å²) in [6.45, 7) is 5.32. The maximum Gasteiger partial charge on any atom is 0.274 e. The zero-order valence-corrected chi connectivity index (χ0v) is 9.49. The van der Waals surface area contributed by atoms with Crippen LogP contribution < -0.4 is 0 Å². The first kappa shape index (κ1) is 10.1. The average molecular weight is 224 g/mol.